The monoisotopic (exact) mass is 303 g/mol. The zero-order valence-corrected chi connectivity index (χ0v) is 12.4. The number of rotatable bonds is 9. The van der Waals surface area contributed by atoms with E-state index in [1.54, 1.807) is 13.2 Å². The molecule has 0 fully saturated rings. The number of nitrogens with two attached hydrogens (primary N) is 2. The lowest BCUT2D eigenvalue weighted by Crippen LogP contribution is -2.83. The van der Waals surface area contributed by atoms with Gasteiger partial charge in [-0.15, -0.1) is 0 Å². The molecule has 0 aromatic heterocycles. The zero-order valence-electron chi connectivity index (χ0n) is 11.6. The van der Waals surface area contributed by atoms with Crippen LogP contribution in [-0.4, -0.2) is 39.9 Å². The van der Waals surface area contributed by atoms with Gasteiger partial charge in [0.05, 0.1) is 25.3 Å². The smallest absolute Gasteiger partial charge is 0.255 e. The van der Waals surface area contributed by atoms with Crippen LogP contribution in [0.25, 0.3) is 0 Å². The Bertz CT molecular complexity index is 454. The predicted octanol–water partition coefficient (Wildman–Crippen LogP) is -0.0775. The van der Waals surface area contributed by atoms with Gasteiger partial charge in [0.15, 0.2) is 18.1 Å². The second kappa shape index (κ2) is 8.63. The Kier molecular flexibility index (Phi) is 7.14. The van der Waals surface area contributed by atoms with Crippen molar-refractivity contribution in [1.82, 2.24) is 0 Å². The maximum atomic E-state index is 10.7. The molecule has 0 atom stereocenters. The molecule has 1 rings (SSSR count). The third-order valence-corrected chi connectivity index (χ3v) is 2.83. The molecular weight excluding hydrogens is 284 g/mol. The summed E-state index contributed by atoms with van der Waals surface area (Å²) < 4.78 is 15.5. The van der Waals surface area contributed by atoms with Crippen LogP contribution in [0.2, 0.25) is 5.02 Å². The summed E-state index contributed by atoms with van der Waals surface area (Å²) in [6.07, 6.45) is 0. The molecule has 0 saturated heterocycles. The van der Waals surface area contributed by atoms with Crippen LogP contribution in [0.1, 0.15) is 5.56 Å². The molecule has 0 heterocycles. The average Bonchev–Trinajstić information content (AvgIpc) is 2.41. The first-order valence-electron chi connectivity index (χ1n) is 6.16. The molecule has 0 aliphatic heterocycles. The fourth-order valence-corrected chi connectivity index (χ4v) is 1.93. The molecule has 0 aliphatic carbocycles. The molecule has 0 radical (unpaired) electrons. The molecule has 0 bridgehead atoms. The highest BCUT2D eigenvalue weighted by Gasteiger charge is 2.13. The molecule has 0 unspecified atom stereocenters. The van der Waals surface area contributed by atoms with Crippen LogP contribution in [0.4, 0.5) is 0 Å². The van der Waals surface area contributed by atoms with Gasteiger partial charge in [-0.2, -0.15) is 0 Å². The number of quaternary nitrogens is 1. The van der Waals surface area contributed by atoms with E-state index in [9.17, 15) is 4.79 Å². The van der Waals surface area contributed by atoms with Gasteiger partial charge in [0.25, 0.3) is 5.91 Å². The van der Waals surface area contributed by atoms with Gasteiger partial charge < -0.3 is 25.3 Å². The largest absolute Gasteiger partial charge is 0.493 e. The van der Waals surface area contributed by atoms with Crippen molar-refractivity contribution < 1.29 is 24.3 Å². The first-order valence-corrected chi connectivity index (χ1v) is 6.54. The molecule has 20 heavy (non-hydrogen) atoms. The van der Waals surface area contributed by atoms with Crippen LogP contribution in [-0.2, 0) is 16.1 Å². The van der Waals surface area contributed by atoms with Crippen LogP contribution in [0.15, 0.2) is 12.1 Å². The van der Waals surface area contributed by atoms with Crippen LogP contribution in [0.5, 0.6) is 11.5 Å². The highest BCUT2D eigenvalue weighted by Crippen LogP contribution is 2.36. The number of ether oxygens (including phenoxy) is 3. The molecule has 0 spiro atoms. The van der Waals surface area contributed by atoms with E-state index in [1.165, 1.54) is 7.11 Å². The fourth-order valence-electron chi connectivity index (χ4n) is 1.64. The molecule has 112 valence electrons. The number of primary amides is 1. The van der Waals surface area contributed by atoms with E-state index in [0.29, 0.717) is 23.1 Å². The van der Waals surface area contributed by atoms with E-state index in [4.69, 9.17) is 31.5 Å². The topological polar surface area (TPSA) is 87.4 Å². The number of hydrogen-bond acceptors (Lipinski definition) is 4. The number of hydrogen-bond donors (Lipinski definition) is 2. The van der Waals surface area contributed by atoms with Gasteiger partial charge in [0, 0.05) is 12.7 Å². The summed E-state index contributed by atoms with van der Waals surface area (Å²) in [6.45, 7) is 2.05. The van der Waals surface area contributed by atoms with Crippen molar-refractivity contribution in [3.8, 4) is 11.5 Å². The van der Waals surface area contributed by atoms with Crippen molar-refractivity contribution in [3.63, 3.8) is 0 Å². The number of halogens is 1. The molecule has 0 saturated carbocycles. The van der Waals surface area contributed by atoms with Gasteiger partial charge in [-0.1, -0.05) is 11.6 Å². The Morgan fingerprint density at radius 3 is 2.75 bits per heavy atom. The van der Waals surface area contributed by atoms with Crippen molar-refractivity contribution in [2.24, 2.45) is 5.73 Å². The Morgan fingerprint density at radius 2 is 2.15 bits per heavy atom. The van der Waals surface area contributed by atoms with E-state index < -0.39 is 5.91 Å². The minimum absolute atomic E-state index is 0.241. The number of benzene rings is 1. The van der Waals surface area contributed by atoms with E-state index in [1.807, 2.05) is 6.07 Å². The van der Waals surface area contributed by atoms with Crippen LogP contribution in [0.3, 0.4) is 0 Å². The maximum absolute atomic E-state index is 10.7. The summed E-state index contributed by atoms with van der Waals surface area (Å²) in [5.41, 5.74) is 6.04. The first kappa shape index (κ1) is 16.6. The van der Waals surface area contributed by atoms with Gasteiger partial charge in [0.2, 0.25) is 0 Å². The van der Waals surface area contributed by atoms with E-state index in [0.717, 1.165) is 18.7 Å². The zero-order chi connectivity index (χ0) is 15.0. The fraction of sp³-hybridized carbons (Fsp3) is 0.462. The Hall–Kier alpha value is -1.50. The Morgan fingerprint density at radius 1 is 1.40 bits per heavy atom. The van der Waals surface area contributed by atoms with E-state index in [-0.39, 0.29) is 6.61 Å². The minimum atomic E-state index is -0.569. The Labute approximate surface area is 123 Å². The van der Waals surface area contributed by atoms with Gasteiger partial charge >= 0.3 is 0 Å². The summed E-state index contributed by atoms with van der Waals surface area (Å²) in [5, 5.41) is 2.49. The van der Waals surface area contributed by atoms with Crippen LogP contribution >= 0.6 is 11.6 Å². The normalized spacial score (nSPS) is 10.3. The number of carbonyl (C=O) groups is 1. The number of methoxy groups -OCH3 is 2. The standard InChI is InChI=1S/C13H19ClN2O4/c1-18-4-3-16-7-9-5-10(14)13(11(6-9)19-2)20-8-12(15)17/h5-6,16H,3-4,7-8H2,1-2H3,(H2,15,17)/p+1. The van der Waals surface area contributed by atoms with Crippen molar-refractivity contribution in [2.45, 2.75) is 6.54 Å². The second-order valence-electron chi connectivity index (χ2n) is 4.14. The van der Waals surface area contributed by atoms with E-state index >= 15 is 0 Å². The summed E-state index contributed by atoms with van der Waals surface area (Å²) in [6, 6.07) is 3.61. The quantitative estimate of drug-likeness (QED) is 0.625. The molecular formula is C13H20ClN2O4+. The first-order chi connectivity index (χ1) is 9.58. The highest BCUT2D eigenvalue weighted by atomic mass is 35.5. The third kappa shape index (κ3) is 5.24. The highest BCUT2D eigenvalue weighted by molar-refractivity contribution is 6.32. The number of amides is 1. The molecule has 1 amide bonds. The lowest BCUT2D eigenvalue weighted by molar-refractivity contribution is -0.671. The molecule has 7 heteroatoms. The number of carbonyl (C=O) groups excluding carboxylic acids is 1. The SMILES string of the molecule is COCC[NH2+]Cc1cc(Cl)c(OCC(N)=O)c(OC)c1. The van der Waals surface area contributed by atoms with Crippen LogP contribution < -0.4 is 20.5 Å². The molecule has 1 aromatic rings. The van der Waals surface area contributed by atoms with Crippen molar-refractivity contribution in [1.29, 1.82) is 0 Å². The average molecular weight is 304 g/mol. The maximum Gasteiger partial charge on any atom is 0.255 e. The second-order valence-corrected chi connectivity index (χ2v) is 4.55. The predicted molar refractivity (Wildman–Crippen MR) is 75.1 cm³/mol. The summed E-state index contributed by atoms with van der Waals surface area (Å²) in [4.78, 5) is 10.7. The lowest BCUT2D eigenvalue weighted by atomic mass is 10.2. The molecule has 0 aliphatic rings. The minimum Gasteiger partial charge on any atom is -0.493 e. The van der Waals surface area contributed by atoms with Gasteiger partial charge in [-0.25, -0.2) is 0 Å². The van der Waals surface area contributed by atoms with Gasteiger partial charge in [-0.05, 0) is 12.1 Å². The van der Waals surface area contributed by atoms with Gasteiger partial charge in [-0.3, -0.25) is 4.79 Å². The van der Waals surface area contributed by atoms with Crippen LogP contribution in [0, 0.1) is 0 Å². The lowest BCUT2D eigenvalue weighted by Gasteiger charge is -2.13. The van der Waals surface area contributed by atoms with Gasteiger partial charge in [0.1, 0.15) is 6.54 Å². The summed E-state index contributed by atoms with van der Waals surface area (Å²) in [5.74, 6) is 0.239. The summed E-state index contributed by atoms with van der Waals surface area (Å²) in [7, 11) is 3.18. The summed E-state index contributed by atoms with van der Waals surface area (Å²) >= 11 is 6.14. The third-order valence-electron chi connectivity index (χ3n) is 2.55. The Balaban J connectivity index is 2.75. The van der Waals surface area contributed by atoms with E-state index in [2.05, 4.69) is 5.32 Å². The van der Waals surface area contributed by atoms with Crippen molar-refractivity contribution >= 4 is 17.5 Å². The van der Waals surface area contributed by atoms with Crippen molar-refractivity contribution in [2.75, 3.05) is 34.0 Å². The molecule has 1 aromatic carbocycles. The molecule has 4 N–H and O–H groups in total. The van der Waals surface area contributed by atoms with Crippen molar-refractivity contribution in [3.05, 3.63) is 22.7 Å². The molecule has 6 nitrogen and oxygen atoms in total.